The van der Waals surface area contributed by atoms with Gasteiger partial charge in [0.05, 0.1) is 13.5 Å². The van der Waals surface area contributed by atoms with Crippen molar-refractivity contribution in [1.82, 2.24) is 14.8 Å². The van der Waals surface area contributed by atoms with E-state index in [0.717, 1.165) is 67.9 Å². The van der Waals surface area contributed by atoms with E-state index in [4.69, 9.17) is 9.47 Å². The third-order valence-corrected chi connectivity index (χ3v) is 6.00. The van der Waals surface area contributed by atoms with Crippen LogP contribution < -0.4 is 4.74 Å². The lowest BCUT2D eigenvalue weighted by molar-refractivity contribution is -0.135. The number of piperazine rings is 1. The van der Waals surface area contributed by atoms with Gasteiger partial charge in [0.25, 0.3) is 0 Å². The third-order valence-electron chi connectivity index (χ3n) is 6.00. The van der Waals surface area contributed by atoms with Crippen molar-refractivity contribution in [2.45, 2.75) is 38.3 Å². The van der Waals surface area contributed by atoms with Crippen molar-refractivity contribution in [2.75, 3.05) is 40.0 Å². The van der Waals surface area contributed by atoms with Crippen LogP contribution in [0.1, 0.15) is 25.3 Å². The van der Waals surface area contributed by atoms with Gasteiger partial charge in [-0.15, -0.1) is 0 Å². The zero-order valence-electron chi connectivity index (χ0n) is 16.2. The van der Waals surface area contributed by atoms with Gasteiger partial charge in [0.15, 0.2) is 0 Å². The van der Waals surface area contributed by atoms with E-state index >= 15 is 0 Å². The standard InChI is InChI=1S/C21H29N3O3/c1-15-14-23(17-6-10-27-11-7-17)8-9-24(15)20(25)12-16-13-22-18-4-3-5-19(26-2)21(16)18/h3-5,13,15,17,22H,6-12,14H2,1-2H3/t15-/m0/s1. The molecule has 4 rings (SSSR count). The van der Waals surface area contributed by atoms with Crippen molar-refractivity contribution in [3.05, 3.63) is 30.0 Å². The molecule has 6 nitrogen and oxygen atoms in total. The summed E-state index contributed by atoms with van der Waals surface area (Å²) in [6.45, 7) is 6.60. The van der Waals surface area contributed by atoms with Gasteiger partial charge in [-0.05, 0) is 37.5 Å². The molecule has 1 amide bonds. The van der Waals surface area contributed by atoms with E-state index in [2.05, 4.69) is 16.8 Å². The minimum atomic E-state index is 0.195. The molecule has 2 aliphatic heterocycles. The van der Waals surface area contributed by atoms with Gasteiger partial charge in [-0.3, -0.25) is 9.69 Å². The molecule has 0 spiro atoms. The minimum Gasteiger partial charge on any atom is -0.496 e. The summed E-state index contributed by atoms with van der Waals surface area (Å²) in [7, 11) is 1.67. The van der Waals surface area contributed by atoms with Crippen LogP contribution in [0.15, 0.2) is 24.4 Å². The highest BCUT2D eigenvalue weighted by Crippen LogP contribution is 2.29. The predicted octanol–water partition coefficient (Wildman–Crippen LogP) is 2.43. The maximum Gasteiger partial charge on any atom is 0.227 e. The molecule has 146 valence electrons. The van der Waals surface area contributed by atoms with Crippen LogP contribution in [0.5, 0.6) is 5.75 Å². The Morgan fingerprint density at radius 2 is 2.11 bits per heavy atom. The first-order valence-corrected chi connectivity index (χ1v) is 9.91. The Morgan fingerprint density at radius 3 is 2.85 bits per heavy atom. The Balaban J connectivity index is 1.43. The summed E-state index contributed by atoms with van der Waals surface area (Å²) in [5.41, 5.74) is 2.01. The maximum absolute atomic E-state index is 13.0. The summed E-state index contributed by atoms with van der Waals surface area (Å²) in [5, 5.41) is 1.02. The molecular formula is C21H29N3O3. The molecule has 1 aromatic heterocycles. The molecule has 0 aliphatic carbocycles. The number of nitrogens with one attached hydrogen (secondary N) is 1. The molecule has 1 N–H and O–H groups in total. The van der Waals surface area contributed by atoms with Crippen LogP contribution in [0.2, 0.25) is 0 Å². The van der Waals surface area contributed by atoms with Gasteiger partial charge in [-0.2, -0.15) is 0 Å². The number of aromatic nitrogens is 1. The predicted molar refractivity (Wildman–Crippen MR) is 105 cm³/mol. The average molecular weight is 371 g/mol. The van der Waals surface area contributed by atoms with Crippen LogP contribution in [0, 0.1) is 0 Å². The summed E-state index contributed by atoms with van der Waals surface area (Å²) in [5.74, 6) is 1.01. The summed E-state index contributed by atoms with van der Waals surface area (Å²) in [6.07, 6.45) is 4.56. The Kier molecular flexibility index (Phi) is 5.36. The van der Waals surface area contributed by atoms with E-state index in [-0.39, 0.29) is 11.9 Å². The van der Waals surface area contributed by atoms with Crippen molar-refractivity contribution < 1.29 is 14.3 Å². The van der Waals surface area contributed by atoms with E-state index in [9.17, 15) is 4.79 Å². The number of ether oxygens (including phenoxy) is 2. The number of methoxy groups -OCH3 is 1. The fraction of sp³-hybridized carbons (Fsp3) is 0.571. The molecular weight excluding hydrogens is 342 g/mol. The SMILES string of the molecule is COc1cccc2[nH]cc(CC(=O)N3CCN(C4CCOCC4)C[C@@H]3C)c12. The second kappa shape index (κ2) is 7.90. The smallest absolute Gasteiger partial charge is 0.227 e. The van der Waals surface area contributed by atoms with E-state index < -0.39 is 0 Å². The maximum atomic E-state index is 13.0. The number of carbonyl (C=O) groups is 1. The normalized spacial score (nSPS) is 22.3. The number of hydrogen-bond donors (Lipinski definition) is 1. The Bertz CT molecular complexity index is 797. The fourth-order valence-electron chi connectivity index (χ4n) is 4.53. The summed E-state index contributed by atoms with van der Waals surface area (Å²) < 4.78 is 11.0. The highest BCUT2D eigenvalue weighted by atomic mass is 16.5. The molecule has 3 heterocycles. The summed E-state index contributed by atoms with van der Waals surface area (Å²) in [4.78, 5) is 20.9. The second-order valence-corrected chi connectivity index (χ2v) is 7.65. The topological polar surface area (TPSA) is 57.8 Å². The fourth-order valence-corrected chi connectivity index (χ4v) is 4.53. The largest absolute Gasteiger partial charge is 0.496 e. The zero-order chi connectivity index (χ0) is 18.8. The van der Waals surface area contributed by atoms with Gasteiger partial charge >= 0.3 is 0 Å². The first-order valence-electron chi connectivity index (χ1n) is 9.91. The van der Waals surface area contributed by atoms with E-state index in [1.165, 1.54) is 0 Å². The monoisotopic (exact) mass is 371 g/mol. The molecule has 0 saturated carbocycles. The van der Waals surface area contributed by atoms with Crippen molar-refractivity contribution in [3.63, 3.8) is 0 Å². The lowest BCUT2D eigenvalue weighted by Crippen LogP contribution is -2.57. The lowest BCUT2D eigenvalue weighted by Gasteiger charge is -2.44. The molecule has 0 bridgehead atoms. The minimum absolute atomic E-state index is 0.195. The molecule has 2 fully saturated rings. The molecule has 2 aliphatic rings. The number of carbonyl (C=O) groups excluding carboxylic acids is 1. The quantitative estimate of drug-likeness (QED) is 0.897. The van der Waals surface area contributed by atoms with Crippen LogP contribution in [-0.4, -0.2) is 72.7 Å². The third kappa shape index (κ3) is 3.69. The summed E-state index contributed by atoms with van der Waals surface area (Å²) >= 11 is 0. The molecule has 0 unspecified atom stereocenters. The van der Waals surface area contributed by atoms with Crippen molar-refractivity contribution in [2.24, 2.45) is 0 Å². The van der Waals surface area contributed by atoms with Crippen molar-refractivity contribution in [3.8, 4) is 5.75 Å². The number of aromatic amines is 1. The molecule has 27 heavy (non-hydrogen) atoms. The number of benzene rings is 1. The van der Waals surface area contributed by atoms with Gasteiger partial charge in [-0.1, -0.05) is 6.07 Å². The number of rotatable bonds is 4. The van der Waals surface area contributed by atoms with Crippen LogP contribution in [0.25, 0.3) is 10.9 Å². The second-order valence-electron chi connectivity index (χ2n) is 7.65. The molecule has 2 saturated heterocycles. The van der Waals surface area contributed by atoms with Crippen LogP contribution in [0.4, 0.5) is 0 Å². The first kappa shape index (κ1) is 18.3. The van der Waals surface area contributed by atoms with Crippen molar-refractivity contribution >= 4 is 16.8 Å². The summed E-state index contributed by atoms with van der Waals surface area (Å²) in [6, 6.07) is 6.76. The Morgan fingerprint density at radius 1 is 1.30 bits per heavy atom. The van der Waals surface area contributed by atoms with Gasteiger partial charge in [0.2, 0.25) is 5.91 Å². The number of hydrogen-bond acceptors (Lipinski definition) is 4. The van der Waals surface area contributed by atoms with Crippen LogP contribution in [0.3, 0.4) is 0 Å². The van der Waals surface area contributed by atoms with Crippen LogP contribution in [-0.2, 0) is 16.0 Å². The number of H-pyrrole nitrogens is 1. The molecule has 1 atom stereocenters. The zero-order valence-corrected chi connectivity index (χ0v) is 16.2. The van der Waals surface area contributed by atoms with E-state index in [1.54, 1.807) is 7.11 Å². The van der Waals surface area contributed by atoms with Crippen LogP contribution >= 0.6 is 0 Å². The van der Waals surface area contributed by atoms with Gasteiger partial charge in [0.1, 0.15) is 5.75 Å². The van der Waals surface area contributed by atoms with E-state index in [0.29, 0.717) is 12.5 Å². The average Bonchev–Trinajstić information content (AvgIpc) is 3.11. The lowest BCUT2D eigenvalue weighted by atomic mass is 10.0. The van der Waals surface area contributed by atoms with E-state index in [1.807, 2.05) is 29.3 Å². The van der Waals surface area contributed by atoms with Gasteiger partial charge < -0.3 is 19.4 Å². The number of fused-ring (bicyclic) bond motifs is 1. The molecule has 1 aromatic carbocycles. The highest BCUT2D eigenvalue weighted by molar-refractivity contribution is 5.93. The first-order chi connectivity index (χ1) is 13.2. The number of amides is 1. The Labute approximate surface area is 160 Å². The Hall–Kier alpha value is -2.05. The number of nitrogens with zero attached hydrogens (tertiary/aromatic N) is 2. The molecule has 6 heteroatoms. The highest BCUT2D eigenvalue weighted by Gasteiger charge is 2.31. The van der Waals surface area contributed by atoms with Gasteiger partial charge in [0, 0.05) is 62.0 Å². The van der Waals surface area contributed by atoms with Gasteiger partial charge in [-0.25, -0.2) is 0 Å². The van der Waals surface area contributed by atoms with Crippen molar-refractivity contribution in [1.29, 1.82) is 0 Å². The molecule has 2 aromatic rings. The molecule has 0 radical (unpaired) electrons.